The SMILES string of the molecule is COc1ccc2c(c1O)COC(=O)C2C. The van der Waals surface area contributed by atoms with Gasteiger partial charge in [0.15, 0.2) is 11.5 Å². The number of fused-ring (bicyclic) bond motifs is 1. The molecule has 1 aliphatic heterocycles. The van der Waals surface area contributed by atoms with E-state index in [2.05, 4.69) is 0 Å². The number of hydrogen-bond acceptors (Lipinski definition) is 4. The maximum atomic E-state index is 11.3. The molecule has 15 heavy (non-hydrogen) atoms. The Balaban J connectivity index is 2.55. The van der Waals surface area contributed by atoms with Gasteiger partial charge in [0.05, 0.1) is 13.0 Å². The summed E-state index contributed by atoms with van der Waals surface area (Å²) >= 11 is 0. The molecule has 0 aliphatic carbocycles. The summed E-state index contributed by atoms with van der Waals surface area (Å²) < 4.78 is 9.93. The molecule has 80 valence electrons. The van der Waals surface area contributed by atoms with E-state index in [4.69, 9.17) is 9.47 Å². The second-order valence-electron chi connectivity index (χ2n) is 3.51. The standard InChI is InChI=1S/C11H12O4/c1-6-7-3-4-9(14-2)10(12)8(7)5-15-11(6)13/h3-4,6,12H,5H2,1-2H3. The van der Waals surface area contributed by atoms with Gasteiger partial charge >= 0.3 is 5.97 Å². The number of carbonyl (C=O) groups excluding carboxylic acids is 1. The maximum Gasteiger partial charge on any atom is 0.313 e. The summed E-state index contributed by atoms with van der Waals surface area (Å²) in [6.07, 6.45) is 0. The van der Waals surface area contributed by atoms with Crippen molar-refractivity contribution >= 4 is 5.97 Å². The fraction of sp³-hybridized carbons (Fsp3) is 0.364. The molecule has 0 aromatic heterocycles. The lowest BCUT2D eigenvalue weighted by Crippen LogP contribution is -2.20. The highest BCUT2D eigenvalue weighted by Crippen LogP contribution is 2.38. The van der Waals surface area contributed by atoms with Gasteiger partial charge in [0.1, 0.15) is 6.61 Å². The van der Waals surface area contributed by atoms with Gasteiger partial charge in [0.2, 0.25) is 0 Å². The van der Waals surface area contributed by atoms with Gasteiger partial charge < -0.3 is 14.6 Å². The third-order valence-electron chi connectivity index (χ3n) is 2.68. The lowest BCUT2D eigenvalue weighted by molar-refractivity contribution is -0.147. The fourth-order valence-electron chi connectivity index (χ4n) is 1.75. The van der Waals surface area contributed by atoms with Crippen molar-refractivity contribution in [3.05, 3.63) is 23.3 Å². The van der Waals surface area contributed by atoms with E-state index >= 15 is 0 Å². The van der Waals surface area contributed by atoms with Crippen LogP contribution in [-0.4, -0.2) is 18.2 Å². The molecule has 2 rings (SSSR count). The van der Waals surface area contributed by atoms with Crippen LogP contribution in [0.15, 0.2) is 12.1 Å². The van der Waals surface area contributed by atoms with Gasteiger partial charge in [-0.25, -0.2) is 0 Å². The van der Waals surface area contributed by atoms with Crippen LogP contribution >= 0.6 is 0 Å². The summed E-state index contributed by atoms with van der Waals surface area (Å²) in [4.78, 5) is 11.3. The Labute approximate surface area is 87.4 Å². The minimum Gasteiger partial charge on any atom is -0.504 e. The molecule has 0 amide bonds. The van der Waals surface area contributed by atoms with Crippen LogP contribution < -0.4 is 4.74 Å². The van der Waals surface area contributed by atoms with Crippen LogP contribution in [0.2, 0.25) is 0 Å². The molecule has 1 N–H and O–H groups in total. The summed E-state index contributed by atoms with van der Waals surface area (Å²) in [5, 5.41) is 9.82. The van der Waals surface area contributed by atoms with E-state index in [-0.39, 0.29) is 24.2 Å². The lowest BCUT2D eigenvalue weighted by Gasteiger charge is -2.23. The van der Waals surface area contributed by atoms with Crippen molar-refractivity contribution < 1.29 is 19.4 Å². The monoisotopic (exact) mass is 208 g/mol. The number of phenols is 1. The quantitative estimate of drug-likeness (QED) is 0.711. The van der Waals surface area contributed by atoms with Crippen molar-refractivity contribution in [2.24, 2.45) is 0 Å². The molecule has 0 spiro atoms. The van der Waals surface area contributed by atoms with E-state index in [1.807, 2.05) is 0 Å². The van der Waals surface area contributed by atoms with Crippen molar-refractivity contribution in [3.63, 3.8) is 0 Å². The first-order chi connectivity index (χ1) is 7.15. The zero-order chi connectivity index (χ0) is 11.0. The number of aromatic hydroxyl groups is 1. The van der Waals surface area contributed by atoms with Gasteiger partial charge in [0.25, 0.3) is 0 Å². The molecular weight excluding hydrogens is 196 g/mol. The van der Waals surface area contributed by atoms with E-state index in [1.54, 1.807) is 19.1 Å². The Morgan fingerprint density at radius 2 is 2.27 bits per heavy atom. The zero-order valence-corrected chi connectivity index (χ0v) is 8.61. The summed E-state index contributed by atoms with van der Waals surface area (Å²) in [6, 6.07) is 3.45. The molecule has 1 aliphatic rings. The molecule has 1 unspecified atom stereocenters. The number of cyclic esters (lactones) is 1. The Kier molecular flexibility index (Phi) is 2.26. The maximum absolute atomic E-state index is 11.3. The van der Waals surface area contributed by atoms with E-state index in [9.17, 15) is 9.90 Å². The van der Waals surface area contributed by atoms with E-state index in [1.165, 1.54) is 7.11 Å². The smallest absolute Gasteiger partial charge is 0.313 e. The third kappa shape index (κ3) is 1.42. The van der Waals surface area contributed by atoms with Crippen molar-refractivity contribution in [2.45, 2.75) is 19.4 Å². The van der Waals surface area contributed by atoms with E-state index in [0.717, 1.165) is 5.56 Å². The van der Waals surface area contributed by atoms with Gasteiger partial charge in [-0.05, 0) is 18.6 Å². The number of rotatable bonds is 1. The van der Waals surface area contributed by atoms with Crippen LogP contribution in [0.3, 0.4) is 0 Å². The normalized spacial score (nSPS) is 19.3. The largest absolute Gasteiger partial charge is 0.504 e. The minimum absolute atomic E-state index is 0.0642. The predicted octanol–water partition coefficient (Wildman–Crippen LogP) is 1.56. The van der Waals surface area contributed by atoms with Crippen molar-refractivity contribution in [1.29, 1.82) is 0 Å². The number of hydrogen-bond donors (Lipinski definition) is 1. The molecule has 1 atom stereocenters. The predicted molar refractivity (Wildman–Crippen MR) is 52.9 cm³/mol. The highest BCUT2D eigenvalue weighted by Gasteiger charge is 2.28. The number of phenolic OH excluding ortho intramolecular Hbond substituents is 1. The summed E-state index contributed by atoms with van der Waals surface area (Å²) in [7, 11) is 1.49. The van der Waals surface area contributed by atoms with Crippen molar-refractivity contribution in [3.8, 4) is 11.5 Å². The Morgan fingerprint density at radius 1 is 1.53 bits per heavy atom. The lowest BCUT2D eigenvalue weighted by atomic mass is 9.93. The topological polar surface area (TPSA) is 55.8 Å². The second kappa shape index (κ2) is 3.46. The molecule has 1 aromatic carbocycles. The second-order valence-corrected chi connectivity index (χ2v) is 3.51. The average Bonchev–Trinajstić information content (AvgIpc) is 2.24. The molecule has 4 heteroatoms. The fourth-order valence-corrected chi connectivity index (χ4v) is 1.75. The van der Waals surface area contributed by atoms with Gasteiger partial charge in [-0.3, -0.25) is 4.79 Å². The molecule has 1 heterocycles. The minimum atomic E-state index is -0.328. The number of esters is 1. The van der Waals surface area contributed by atoms with E-state index < -0.39 is 0 Å². The van der Waals surface area contributed by atoms with Crippen molar-refractivity contribution in [1.82, 2.24) is 0 Å². The molecule has 0 radical (unpaired) electrons. The van der Waals surface area contributed by atoms with Crippen LogP contribution in [0.5, 0.6) is 11.5 Å². The first kappa shape index (κ1) is 9.83. The van der Waals surface area contributed by atoms with E-state index in [0.29, 0.717) is 11.3 Å². The molecule has 0 fully saturated rings. The molecule has 1 aromatic rings. The number of benzene rings is 1. The first-order valence-electron chi connectivity index (χ1n) is 4.70. The molecular formula is C11H12O4. The number of ether oxygens (including phenoxy) is 2. The van der Waals surface area contributed by atoms with Gasteiger partial charge in [0, 0.05) is 5.56 Å². The summed E-state index contributed by atoms with van der Waals surface area (Å²) in [5.41, 5.74) is 1.45. The van der Waals surface area contributed by atoms with Crippen molar-refractivity contribution in [2.75, 3.05) is 7.11 Å². The zero-order valence-electron chi connectivity index (χ0n) is 8.61. The van der Waals surface area contributed by atoms with Crippen LogP contribution in [0.25, 0.3) is 0 Å². The average molecular weight is 208 g/mol. The van der Waals surface area contributed by atoms with Crippen LogP contribution in [0, 0.1) is 0 Å². The van der Waals surface area contributed by atoms with Gasteiger partial charge in [-0.2, -0.15) is 0 Å². The molecule has 4 nitrogen and oxygen atoms in total. The Bertz CT molecular complexity index is 411. The molecule has 0 saturated carbocycles. The highest BCUT2D eigenvalue weighted by atomic mass is 16.5. The molecule has 0 saturated heterocycles. The Morgan fingerprint density at radius 3 is 2.93 bits per heavy atom. The number of carbonyl (C=O) groups is 1. The van der Waals surface area contributed by atoms with Crippen LogP contribution in [-0.2, 0) is 16.1 Å². The third-order valence-corrected chi connectivity index (χ3v) is 2.68. The molecule has 0 bridgehead atoms. The summed E-state index contributed by atoms with van der Waals surface area (Å²) in [6.45, 7) is 1.87. The summed E-state index contributed by atoms with van der Waals surface area (Å²) in [5.74, 6) is -0.120. The Hall–Kier alpha value is -1.71. The number of methoxy groups -OCH3 is 1. The van der Waals surface area contributed by atoms with Gasteiger partial charge in [-0.1, -0.05) is 6.07 Å². The van der Waals surface area contributed by atoms with Crippen LogP contribution in [0.4, 0.5) is 0 Å². The first-order valence-corrected chi connectivity index (χ1v) is 4.70. The highest BCUT2D eigenvalue weighted by molar-refractivity contribution is 5.80. The van der Waals surface area contributed by atoms with Crippen LogP contribution in [0.1, 0.15) is 24.0 Å². The van der Waals surface area contributed by atoms with Gasteiger partial charge in [-0.15, -0.1) is 0 Å².